The number of aromatic nitrogens is 3. The lowest BCUT2D eigenvalue weighted by Gasteiger charge is -2.22. The zero-order valence-electron chi connectivity index (χ0n) is 17.0. The Morgan fingerprint density at radius 1 is 1.26 bits per heavy atom. The van der Waals surface area contributed by atoms with Gasteiger partial charge in [0, 0.05) is 20.1 Å². The summed E-state index contributed by atoms with van der Waals surface area (Å²) in [6.07, 6.45) is 2.53. The lowest BCUT2D eigenvalue weighted by molar-refractivity contribution is 0.402. The van der Waals surface area contributed by atoms with Gasteiger partial charge in [-0.3, -0.25) is 0 Å². The summed E-state index contributed by atoms with van der Waals surface area (Å²) in [7, 11) is 2.00. The van der Waals surface area contributed by atoms with E-state index in [4.69, 9.17) is 4.99 Å². The van der Waals surface area contributed by atoms with Crippen molar-refractivity contribution in [3.05, 3.63) is 47.5 Å². The highest BCUT2D eigenvalue weighted by atomic mass is 15.3. The Bertz CT molecular complexity index is 749. The largest absolute Gasteiger partial charge is 0.349 e. The SMILES string of the molecule is Cc1nnc(CNC(=NCc2ccccc2)N2CCC(CC(C)C)C2)n1C. The number of likely N-dealkylation sites (tertiary alicyclic amines) is 1. The molecule has 0 aliphatic carbocycles. The van der Waals surface area contributed by atoms with Crippen LogP contribution in [0.1, 0.15) is 43.9 Å². The molecule has 1 aromatic carbocycles. The Balaban J connectivity index is 1.69. The van der Waals surface area contributed by atoms with Crippen LogP contribution < -0.4 is 5.32 Å². The Hall–Kier alpha value is -2.37. The standard InChI is InChI=1S/C21H32N6/c1-16(2)12-19-10-11-27(15-19)21(22-13-18-8-6-5-7-9-18)23-14-20-25-24-17(3)26(20)4/h5-9,16,19H,10-15H2,1-4H3,(H,22,23). The van der Waals surface area contributed by atoms with Crippen LogP contribution in [0.2, 0.25) is 0 Å². The Kier molecular flexibility index (Phi) is 6.48. The second-order valence-electron chi connectivity index (χ2n) is 7.93. The molecule has 3 rings (SSSR count). The molecule has 1 aliphatic heterocycles. The lowest BCUT2D eigenvalue weighted by Crippen LogP contribution is -2.40. The average Bonchev–Trinajstić information content (AvgIpc) is 3.23. The number of nitrogens with one attached hydrogen (secondary N) is 1. The van der Waals surface area contributed by atoms with Crippen molar-refractivity contribution in [2.24, 2.45) is 23.9 Å². The molecule has 1 fully saturated rings. The minimum absolute atomic E-state index is 0.635. The van der Waals surface area contributed by atoms with E-state index in [1.165, 1.54) is 18.4 Å². The van der Waals surface area contributed by atoms with E-state index in [0.717, 1.165) is 42.5 Å². The van der Waals surface area contributed by atoms with E-state index in [1.54, 1.807) is 0 Å². The first-order chi connectivity index (χ1) is 13.0. The molecule has 1 N–H and O–H groups in total. The van der Waals surface area contributed by atoms with Crippen LogP contribution in [0.3, 0.4) is 0 Å². The lowest BCUT2D eigenvalue weighted by atomic mass is 9.97. The van der Waals surface area contributed by atoms with Gasteiger partial charge in [-0.05, 0) is 37.2 Å². The summed E-state index contributed by atoms with van der Waals surface area (Å²) in [5, 5.41) is 11.9. The third-order valence-corrected chi connectivity index (χ3v) is 5.23. The molecular formula is C21H32N6. The number of rotatable bonds is 6. The van der Waals surface area contributed by atoms with Gasteiger partial charge in [-0.1, -0.05) is 44.2 Å². The zero-order valence-corrected chi connectivity index (χ0v) is 17.0. The number of guanidine groups is 1. The molecule has 6 heteroatoms. The first-order valence-electron chi connectivity index (χ1n) is 9.95. The number of nitrogens with zero attached hydrogens (tertiary/aromatic N) is 5. The molecule has 1 aromatic heterocycles. The van der Waals surface area contributed by atoms with Gasteiger partial charge < -0.3 is 14.8 Å². The molecule has 27 heavy (non-hydrogen) atoms. The van der Waals surface area contributed by atoms with Crippen LogP contribution in [0, 0.1) is 18.8 Å². The second-order valence-corrected chi connectivity index (χ2v) is 7.93. The van der Waals surface area contributed by atoms with Gasteiger partial charge in [-0.25, -0.2) is 4.99 Å². The molecule has 0 radical (unpaired) electrons. The quantitative estimate of drug-likeness (QED) is 0.629. The predicted octanol–water partition coefficient (Wildman–Crippen LogP) is 3.14. The fourth-order valence-electron chi connectivity index (χ4n) is 3.66. The number of hydrogen-bond acceptors (Lipinski definition) is 3. The van der Waals surface area contributed by atoms with Gasteiger partial charge in [-0.2, -0.15) is 0 Å². The fourth-order valence-corrected chi connectivity index (χ4v) is 3.66. The number of aliphatic imine (C=N–C) groups is 1. The highest BCUT2D eigenvalue weighted by Gasteiger charge is 2.25. The van der Waals surface area contributed by atoms with Crippen LogP contribution in [-0.2, 0) is 20.1 Å². The topological polar surface area (TPSA) is 58.3 Å². The van der Waals surface area contributed by atoms with Gasteiger partial charge >= 0.3 is 0 Å². The molecule has 0 amide bonds. The maximum Gasteiger partial charge on any atom is 0.194 e. The molecule has 0 spiro atoms. The Labute approximate surface area is 162 Å². The molecule has 0 bridgehead atoms. The van der Waals surface area contributed by atoms with Gasteiger partial charge in [0.1, 0.15) is 5.82 Å². The average molecular weight is 369 g/mol. The minimum Gasteiger partial charge on any atom is -0.349 e. The van der Waals surface area contributed by atoms with E-state index >= 15 is 0 Å². The van der Waals surface area contributed by atoms with Crippen molar-refractivity contribution in [1.82, 2.24) is 25.0 Å². The van der Waals surface area contributed by atoms with Gasteiger partial charge in [0.2, 0.25) is 0 Å². The summed E-state index contributed by atoms with van der Waals surface area (Å²) < 4.78 is 2.02. The van der Waals surface area contributed by atoms with E-state index < -0.39 is 0 Å². The van der Waals surface area contributed by atoms with Crippen molar-refractivity contribution in [3.8, 4) is 0 Å². The summed E-state index contributed by atoms with van der Waals surface area (Å²) in [4.78, 5) is 7.32. The molecular weight excluding hydrogens is 336 g/mol. The van der Waals surface area contributed by atoms with Crippen LogP contribution in [0.25, 0.3) is 0 Å². The molecule has 1 unspecified atom stereocenters. The minimum atomic E-state index is 0.635. The van der Waals surface area contributed by atoms with Crippen molar-refractivity contribution in [2.75, 3.05) is 13.1 Å². The summed E-state index contributed by atoms with van der Waals surface area (Å²) in [5.74, 6) is 4.33. The van der Waals surface area contributed by atoms with Crippen LogP contribution in [0.5, 0.6) is 0 Å². The van der Waals surface area contributed by atoms with Crippen LogP contribution >= 0.6 is 0 Å². The predicted molar refractivity (Wildman–Crippen MR) is 109 cm³/mol. The van der Waals surface area contributed by atoms with Crippen LogP contribution in [-0.4, -0.2) is 38.7 Å². The van der Waals surface area contributed by atoms with E-state index in [0.29, 0.717) is 13.1 Å². The third kappa shape index (κ3) is 5.31. The molecule has 0 saturated carbocycles. The normalized spacial score (nSPS) is 17.7. The fraction of sp³-hybridized carbons (Fsp3) is 0.571. The summed E-state index contributed by atoms with van der Waals surface area (Å²) >= 11 is 0. The van der Waals surface area contributed by atoms with E-state index in [1.807, 2.05) is 24.6 Å². The van der Waals surface area contributed by atoms with E-state index in [2.05, 4.69) is 58.5 Å². The monoisotopic (exact) mass is 368 g/mol. The molecule has 1 saturated heterocycles. The van der Waals surface area contributed by atoms with Crippen molar-refractivity contribution < 1.29 is 0 Å². The van der Waals surface area contributed by atoms with Gasteiger partial charge in [0.25, 0.3) is 0 Å². The number of benzene rings is 1. The summed E-state index contributed by atoms with van der Waals surface area (Å²) in [6, 6.07) is 10.4. The second kappa shape index (κ2) is 9.02. The van der Waals surface area contributed by atoms with Crippen LogP contribution in [0.4, 0.5) is 0 Å². The highest BCUT2D eigenvalue weighted by Crippen LogP contribution is 2.23. The molecule has 146 valence electrons. The van der Waals surface area contributed by atoms with Crippen molar-refractivity contribution in [2.45, 2.75) is 46.7 Å². The smallest absolute Gasteiger partial charge is 0.194 e. The molecule has 1 atom stereocenters. The zero-order chi connectivity index (χ0) is 19.2. The van der Waals surface area contributed by atoms with Gasteiger partial charge in [-0.15, -0.1) is 10.2 Å². The van der Waals surface area contributed by atoms with Crippen molar-refractivity contribution in [3.63, 3.8) is 0 Å². The highest BCUT2D eigenvalue weighted by molar-refractivity contribution is 5.80. The van der Waals surface area contributed by atoms with E-state index in [9.17, 15) is 0 Å². The third-order valence-electron chi connectivity index (χ3n) is 5.23. The van der Waals surface area contributed by atoms with E-state index in [-0.39, 0.29) is 0 Å². The van der Waals surface area contributed by atoms with Crippen molar-refractivity contribution in [1.29, 1.82) is 0 Å². The number of hydrogen-bond donors (Lipinski definition) is 1. The van der Waals surface area contributed by atoms with Crippen LogP contribution in [0.15, 0.2) is 35.3 Å². The molecule has 2 aromatic rings. The number of aryl methyl sites for hydroxylation is 1. The first-order valence-corrected chi connectivity index (χ1v) is 9.95. The summed E-state index contributed by atoms with van der Waals surface area (Å²) in [6.45, 7) is 10.1. The maximum absolute atomic E-state index is 4.92. The van der Waals surface area contributed by atoms with Gasteiger partial charge in [0.05, 0.1) is 13.1 Å². The molecule has 2 heterocycles. The van der Waals surface area contributed by atoms with Crippen molar-refractivity contribution >= 4 is 5.96 Å². The summed E-state index contributed by atoms with van der Waals surface area (Å²) in [5.41, 5.74) is 1.23. The molecule has 6 nitrogen and oxygen atoms in total. The van der Waals surface area contributed by atoms with Gasteiger partial charge in [0.15, 0.2) is 11.8 Å². The Morgan fingerprint density at radius 2 is 2.04 bits per heavy atom. The molecule has 1 aliphatic rings. The first kappa shape index (κ1) is 19.4. The Morgan fingerprint density at radius 3 is 2.70 bits per heavy atom. The maximum atomic E-state index is 4.92.